The molecular formula is C31H32N4O3. The highest BCUT2D eigenvalue weighted by molar-refractivity contribution is 6.09. The Kier molecular flexibility index (Phi) is 7.01. The first-order chi connectivity index (χ1) is 18.4. The fourth-order valence-corrected chi connectivity index (χ4v) is 5.37. The highest BCUT2D eigenvalue weighted by atomic mass is 16.5. The molecular weight excluding hydrogens is 476 g/mol. The van der Waals surface area contributed by atoms with Crippen LogP contribution in [0.4, 0.5) is 11.5 Å². The summed E-state index contributed by atoms with van der Waals surface area (Å²) in [5, 5.41) is 6.37. The zero-order valence-corrected chi connectivity index (χ0v) is 22.1. The van der Waals surface area contributed by atoms with Crippen LogP contribution in [-0.4, -0.2) is 37.9 Å². The highest BCUT2D eigenvalue weighted by Crippen LogP contribution is 2.46. The van der Waals surface area contributed by atoms with Crippen molar-refractivity contribution < 1.29 is 14.3 Å². The van der Waals surface area contributed by atoms with Crippen molar-refractivity contribution in [2.45, 2.75) is 31.6 Å². The van der Waals surface area contributed by atoms with E-state index in [1.165, 1.54) is 0 Å². The molecule has 1 aromatic heterocycles. The van der Waals surface area contributed by atoms with Gasteiger partial charge in [0.25, 0.3) is 5.91 Å². The second kappa shape index (κ2) is 10.5. The molecule has 5 rings (SSSR count). The minimum Gasteiger partial charge on any atom is -0.497 e. The van der Waals surface area contributed by atoms with E-state index in [4.69, 9.17) is 4.74 Å². The van der Waals surface area contributed by atoms with E-state index in [0.29, 0.717) is 29.8 Å². The maximum atomic E-state index is 13.8. The van der Waals surface area contributed by atoms with Crippen molar-refractivity contribution in [2.24, 2.45) is 0 Å². The minimum atomic E-state index is -0.476. The summed E-state index contributed by atoms with van der Waals surface area (Å²) in [5.74, 6) is 0.608. The van der Waals surface area contributed by atoms with E-state index >= 15 is 0 Å². The van der Waals surface area contributed by atoms with Gasteiger partial charge < -0.3 is 20.3 Å². The van der Waals surface area contributed by atoms with Crippen molar-refractivity contribution in [3.05, 3.63) is 107 Å². The van der Waals surface area contributed by atoms with Crippen LogP contribution in [0.5, 0.6) is 5.75 Å². The van der Waals surface area contributed by atoms with E-state index in [-0.39, 0.29) is 17.6 Å². The lowest BCUT2D eigenvalue weighted by atomic mass is 9.71. The van der Waals surface area contributed by atoms with Gasteiger partial charge in [0.15, 0.2) is 5.78 Å². The predicted octanol–water partition coefficient (Wildman–Crippen LogP) is 5.16. The zero-order valence-electron chi connectivity index (χ0n) is 22.1. The van der Waals surface area contributed by atoms with Gasteiger partial charge in [-0.05, 0) is 66.8 Å². The van der Waals surface area contributed by atoms with Crippen molar-refractivity contribution >= 4 is 23.2 Å². The van der Waals surface area contributed by atoms with Crippen molar-refractivity contribution in [1.29, 1.82) is 0 Å². The number of nitrogens with zero attached hydrogens (tertiary/aromatic N) is 2. The number of hydrogen-bond donors (Lipinski definition) is 2. The number of benzene rings is 2. The summed E-state index contributed by atoms with van der Waals surface area (Å²) in [4.78, 5) is 33.8. The molecule has 0 fully saturated rings. The van der Waals surface area contributed by atoms with Crippen LogP contribution in [0.25, 0.3) is 0 Å². The van der Waals surface area contributed by atoms with Crippen molar-refractivity contribution in [3.8, 4) is 5.75 Å². The maximum Gasteiger partial charge on any atom is 0.255 e. The van der Waals surface area contributed by atoms with E-state index in [9.17, 15) is 9.59 Å². The Bertz CT molecular complexity index is 1410. The number of methoxy groups -OCH3 is 1. The van der Waals surface area contributed by atoms with Gasteiger partial charge in [0, 0.05) is 60.9 Å². The van der Waals surface area contributed by atoms with E-state index < -0.39 is 5.92 Å². The number of anilines is 2. The number of hydrogen-bond acceptors (Lipinski definition) is 6. The number of nitrogens with one attached hydrogen (secondary N) is 2. The van der Waals surface area contributed by atoms with Gasteiger partial charge in [0.05, 0.1) is 7.11 Å². The first-order valence-corrected chi connectivity index (χ1v) is 12.7. The molecule has 2 N–H and O–H groups in total. The summed E-state index contributed by atoms with van der Waals surface area (Å²) >= 11 is 0. The number of carbonyl (C=O) groups excluding carboxylic acids is 2. The number of dihydropyridines is 1. The molecule has 38 heavy (non-hydrogen) atoms. The maximum absolute atomic E-state index is 13.8. The summed E-state index contributed by atoms with van der Waals surface area (Å²) in [6.07, 6.45) is 2.71. The Morgan fingerprint density at radius 1 is 1.00 bits per heavy atom. The fourth-order valence-electron chi connectivity index (χ4n) is 5.37. The van der Waals surface area contributed by atoms with E-state index in [0.717, 1.165) is 34.0 Å². The number of allylic oxidation sites excluding steroid dienone is 3. The minimum absolute atomic E-state index is 0.0492. The Balaban J connectivity index is 1.54. The van der Waals surface area contributed by atoms with Gasteiger partial charge in [-0.2, -0.15) is 0 Å². The lowest BCUT2D eigenvalue weighted by Crippen LogP contribution is -2.37. The molecule has 2 aliphatic rings. The number of aromatic nitrogens is 1. The highest BCUT2D eigenvalue weighted by Gasteiger charge is 2.41. The van der Waals surface area contributed by atoms with Crippen molar-refractivity contribution in [2.75, 3.05) is 31.4 Å². The van der Waals surface area contributed by atoms with E-state index in [1.807, 2.05) is 80.5 Å². The monoisotopic (exact) mass is 508 g/mol. The topological polar surface area (TPSA) is 83.6 Å². The molecule has 2 atom stereocenters. The molecule has 7 nitrogen and oxygen atoms in total. The molecule has 0 saturated carbocycles. The van der Waals surface area contributed by atoms with Gasteiger partial charge in [-0.1, -0.05) is 30.3 Å². The second-order valence-electron chi connectivity index (χ2n) is 9.95. The fraction of sp³-hybridized carbons (Fsp3) is 0.258. The number of Topliss-reactive ketones (excluding diaryl/α,β-unsaturated/α-hetero) is 1. The Labute approximate surface area is 223 Å². The molecule has 2 heterocycles. The molecule has 2 aromatic carbocycles. The third-order valence-corrected chi connectivity index (χ3v) is 7.31. The third-order valence-electron chi connectivity index (χ3n) is 7.31. The van der Waals surface area contributed by atoms with Crippen LogP contribution in [0.15, 0.2) is 95.5 Å². The van der Waals surface area contributed by atoms with Crippen LogP contribution < -0.4 is 20.3 Å². The quantitative estimate of drug-likeness (QED) is 0.479. The lowest BCUT2D eigenvalue weighted by Gasteiger charge is -2.37. The lowest BCUT2D eigenvalue weighted by molar-refractivity contribution is -0.116. The largest absolute Gasteiger partial charge is 0.497 e. The summed E-state index contributed by atoms with van der Waals surface area (Å²) in [7, 11) is 5.62. The van der Waals surface area contributed by atoms with Crippen molar-refractivity contribution in [1.82, 2.24) is 10.3 Å². The van der Waals surface area contributed by atoms with Crippen LogP contribution in [0, 0.1) is 0 Å². The van der Waals surface area contributed by atoms with Gasteiger partial charge in [-0.25, -0.2) is 4.98 Å². The Hall–Kier alpha value is -4.39. The summed E-state index contributed by atoms with van der Waals surface area (Å²) in [5.41, 5.74) is 5.88. The standard InChI is InChI=1S/C31H32N4O3/c1-19-28(31(37)34-27-7-5-6-16-32-27)29(21-8-12-23(13-9-21)35(2)3)30-25(33-19)17-22(18-26(30)36)20-10-14-24(38-4)15-11-20/h5-16,22,29,33H,17-18H2,1-4H3,(H,32,34,37). The van der Waals surface area contributed by atoms with Gasteiger partial charge in [0.2, 0.25) is 0 Å². The number of ketones is 1. The average Bonchev–Trinajstić information content (AvgIpc) is 2.92. The third kappa shape index (κ3) is 4.92. The van der Waals surface area contributed by atoms with Crippen LogP contribution in [0.3, 0.4) is 0 Å². The van der Waals surface area contributed by atoms with E-state index in [1.54, 1.807) is 25.4 Å². The molecule has 194 valence electrons. The molecule has 0 saturated heterocycles. The second-order valence-corrected chi connectivity index (χ2v) is 9.95. The molecule has 0 bridgehead atoms. The molecule has 3 aromatic rings. The molecule has 7 heteroatoms. The zero-order chi connectivity index (χ0) is 26.8. The Morgan fingerprint density at radius 3 is 2.34 bits per heavy atom. The molecule has 2 unspecified atom stereocenters. The Morgan fingerprint density at radius 2 is 1.71 bits per heavy atom. The van der Waals surface area contributed by atoms with Crippen molar-refractivity contribution in [3.63, 3.8) is 0 Å². The smallest absolute Gasteiger partial charge is 0.255 e. The summed E-state index contributed by atoms with van der Waals surface area (Å²) < 4.78 is 5.30. The molecule has 1 aliphatic heterocycles. The number of ether oxygens (including phenoxy) is 1. The number of pyridine rings is 1. The first kappa shape index (κ1) is 25.3. The van der Waals surface area contributed by atoms with Gasteiger partial charge >= 0.3 is 0 Å². The van der Waals surface area contributed by atoms with E-state index in [2.05, 4.69) is 15.6 Å². The normalized spacial score (nSPS) is 19.0. The molecule has 0 spiro atoms. The van der Waals surface area contributed by atoms with Crippen LogP contribution in [-0.2, 0) is 9.59 Å². The SMILES string of the molecule is COc1ccc(C2CC(=O)C3=C(C2)NC(C)=C(C(=O)Nc2ccccn2)C3c2ccc(N(C)C)cc2)cc1. The van der Waals surface area contributed by atoms with Crippen LogP contribution in [0.2, 0.25) is 0 Å². The molecule has 1 aliphatic carbocycles. The predicted molar refractivity (Wildman–Crippen MR) is 149 cm³/mol. The summed E-state index contributed by atoms with van der Waals surface area (Å²) in [6, 6.07) is 21.4. The van der Waals surface area contributed by atoms with Crippen LogP contribution >= 0.6 is 0 Å². The first-order valence-electron chi connectivity index (χ1n) is 12.7. The number of amides is 1. The van der Waals surface area contributed by atoms with Crippen LogP contribution in [0.1, 0.15) is 42.7 Å². The number of carbonyl (C=O) groups is 2. The van der Waals surface area contributed by atoms with Gasteiger partial charge in [-0.15, -0.1) is 0 Å². The van der Waals surface area contributed by atoms with Gasteiger partial charge in [0.1, 0.15) is 11.6 Å². The number of rotatable bonds is 6. The summed E-state index contributed by atoms with van der Waals surface area (Å²) in [6.45, 7) is 1.90. The molecule has 1 amide bonds. The van der Waals surface area contributed by atoms with Gasteiger partial charge in [-0.3, -0.25) is 9.59 Å². The molecule has 0 radical (unpaired) electrons. The average molecular weight is 509 g/mol.